The van der Waals surface area contributed by atoms with Crippen molar-refractivity contribution in [1.82, 2.24) is 14.7 Å². The quantitative estimate of drug-likeness (QED) is 0.721. The Bertz CT molecular complexity index is 516. The average molecular weight is 284 g/mol. The fourth-order valence-corrected chi connectivity index (χ4v) is 1.95. The van der Waals surface area contributed by atoms with E-state index in [1.54, 1.807) is 0 Å². The monoisotopic (exact) mass is 283 g/mol. The summed E-state index contributed by atoms with van der Waals surface area (Å²) in [6, 6.07) is 3.73. The molecule has 0 radical (unpaired) electrons. The Morgan fingerprint density at radius 2 is 2.21 bits per heavy atom. The molecule has 5 nitrogen and oxygen atoms in total. The minimum Gasteiger partial charge on any atom is -0.394 e. The summed E-state index contributed by atoms with van der Waals surface area (Å²) in [5.74, 6) is 0. The molecular formula is C13H18ClN3O2. The van der Waals surface area contributed by atoms with Crippen molar-refractivity contribution in [2.75, 3.05) is 26.4 Å². The Balaban J connectivity index is 1.72. The number of aliphatic hydroxyl groups is 1. The van der Waals surface area contributed by atoms with E-state index in [0.29, 0.717) is 18.2 Å². The number of fused-ring (bicyclic) bond motifs is 1. The van der Waals surface area contributed by atoms with Crippen molar-refractivity contribution in [2.24, 2.45) is 0 Å². The van der Waals surface area contributed by atoms with Crippen LogP contribution >= 0.6 is 11.6 Å². The second-order valence-corrected chi connectivity index (χ2v) is 4.65. The van der Waals surface area contributed by atoms with Gasteiger partial charge in [-0.3, -0.25) is 0 Å². The number of ether oxygens (including phenoxy) is 1. The zero-order chi connectivity index (χ0) is 13.5. The summed E-state index contributed by atoms with van der Waals surface area (Å²) in [7, 11) is 0. The minimum absolute atomic E-state index is 0.0806. The molecule has 0 unspecified atom stereocenters. The van der Waals surface area contributed by atoms with Crippen LogP contribution in [0.25, 0.3) is 5.65 Å². The van der Waals surface area contributed by atoms with Crippen molar-refractivity contribution >= 4 is 17.2 Å². The Morgan fingerprint density at radius 1 is 1.32 bits per heavy atom. The molecule has 6 heteroatoms. The molecule has 0 atom stereocenters. The largest absolute Gasteiger partial charge is 0.394 e. The fraction of sp³-hybridized carbons (Fsp3) is 0.462. The van der Waals surface area contributed by atoms with Gasteiger partial charge in [0.25, 0.3) is 0 Å². The van der Waals surface area contributed by atoms with Crippen LogP contribution in [-0.2, 0) is 11.3 Å². The summed E-state index contributed by atoms with van der Waals surface area (Å²) in [6.07, 6.45) is 4.73. The highest BCUT2D eigenvalue weighted by Gasteiger charge is 2.01. The molecule has 2 aromatic rings. The molecule has 0 bridgehead atoms. The highest BCUT2D eigenvalue weighted by Crippen LogP contribution is 2.11. The first-order chi connectivity index (χ1) is 9.29. The lowest BCUT2D eigenvalue weighted by molar-refractivity contribution is 0.0907. The lowest BCUT2D eigenvalue weighted by atomic mass is 10.4. The van der Waals surface area contributed by atoms with Crippen LogP contribution < -0.4 is 5.32 Å². The van der Waals surface area contributed by atoms with Gasteiger partial charge >= 0.3 is 0 Å². The number of nitrogens with one attached hydrogen (secondary N) is 1. The molecule has 0 spiro atoms. The predicted molar refractivity (Wildman–Crippen MR) is 74.4 cm³/mol. The molecule has 0 aromatic carbocycles. The van der Waals surface area contributed by atoms with Gasteiger partial charge in [0.1, 0.15) is 5.65 Å². The zero-order valence-electron chi connectivity index (χ0n) is 10.7. The van der Waals surface area contributed by atoms with Crippen LogP contribution in [0.4, 0.5) is 0 Å². The molecule has 104 valence electrons. The second kappa shape index (κ2) is 7.45. The van der Waals surface area contributed by atoms with Gasteiger partial charge in [0.2, 0.25) is 0 Å². The maximum absolute atomic E-state index is 8.55. The molecule has 0 saturated carbocycles. The summed E-state index contributed by atoms with van der Waals surface area (Å²) >= 11 is 5.92. The smallest absolute Gasteiger partial charge is 0.137 e. The van der Waals surface area contributed by atoms with Crippen molar-refractivity contribution in [3.63, 3.8) is 0 Å². The summed E-state index contributed by atoms with van der Waals surface area (Å²) < 4.78 is 7.09. The van der Waals surface area contributed by atoms with Gasteiger partial charge in [0.15, 0.2) is 0 Å². The van der Waals surface area contributed by atoms with Crippen molar-refractivity contribution in [1.29, 1.82) is 0 Å². The average Bonchev–Trinajstić information content (AvgIpc) is 2.79. The van der Waals surface area contributed by atoms with E-state index in [9.17, 15) is 0 Å². The van der Waals surface area contributed by atoms with Gasteiger partial charge in [-0.05, 0) is 25.1 Å². The maximum atomic E-state index is 8.55. The molecule has 2 heterocycles. The fourth-order valence-electron chi connectivity index (χ4n) is 1.78. The number of pyridine rings is 1. The lowest BCUT2D eigenvalue weighted by Crippen LogP contribution is -2.17. The van der Waals surface area contributed by atoms with Gasteiger partial charge in [-0.25, -0.2) is 4.98 Å². The first-order valence-electron chi connectivity index (χ1n) is 6.32. The number of hydrogen-bond donors (Lipinski definition) is 2. The van der Waals surface area contributed by atoms with E-state index in [-0.39, 0.29) is 6.61 Å². The lowest BCUT2D eigenvalue weighted by Gasteiger charge is -2.03. The molecular weight excluding hydrogens is 266 g/mol. The van der Waals surface area contributed by atoms with Crippen molar-refractivity contribution < 1.29 is 9.84 Å². The maximum Gasteiger partial charge on any atom is 0.137 e. The number of aliphatic hydroxyl groups excluding tert-OH is 1. The molecule has 0 aliphatic heterocycles. The number of imidazole rings is 1. The van der Waals surface area contributed by atoms with Gasteiger partial charge < -0.3 is 19.6 Å². The molecule has 0 aliphatic rings. The summed E-state index contributed by atoms with van der Waals surface area (Å²) in [5, 5.41) is 12.5. The normalized spacial score (nSPS) is 11.3. The second-order valence-electron chi connectivity index (χ2n) is 4.21. The van der Waals surface area contributed by atoms with Crippen molar-refractivity contribution in [3.05, 3.63) is 35.2 Å². The van der Waals surface area contributed by atoms with Crippen LogP contribution in [0.5, 0.6) is 0 Å². The van der Waals surface area contributed by atoms with Crippen LogP contribution in [0.2, 0.25) is 5.02 Å². The summed E-state index contributed by atoms with van der Waals surface area (Å²) in [6.45, 7) is 2.73. The standard InChI is InChI=1S/C13H18ClN3O2/c14-11-2-3-13-16-12(10-17(13)9-11)8-15-4-1-6-19-7-5-18/h2-3,9-10,15,18H,1,4-8H2. The van der Waals surface area contributed by atoms with E-state index >= 15 is 0 Å². The third kappa shape index (κ3) is 4.47. The van der Waals surface area contributed by atoms with Gasteiger partial charge in [0, 0.05) is 25.5 Å². The molecule has 2 rings (SSSR count). The highest BCUT2D eigenvalue weighted by molar-refractivity contribution is 6.30. The number of aromatic nitrogens is 2. The van der Waals surface area contributed by atoms with Crippen LogP contribution in [0.1, 0.15) is 12.1 Å². The van der Waals surface area contributed by atoms with Crippen LogP contribution in [-0.4, -0.2) is 40.9 Å². The van der Waals surface area contributed by atoms with Crippen LogP contribution in [0.15, 0.2) is 24.5 Å². The van der Waals surface area contributed by atoms with E-state index in [1.807, 2.05) is 28.9 Å². The van der Waals surface area contributed by atoms with Crippen LogP contribution in [0.3, 0.4) is 0 Å². The Kier molecular flexibility index (Phi) is 5.60. The highest BCUT2D eigenvalue weighted by atomic mass is 35.5. The number of nitrogens with zero attached hydrogens (tertiary/aromatic N) is 2. The third-order valence-electron chi connectivity index (χ3n) is 2.65. The SMILES string of the molecule is OCCOCCCNCc1cn2cc(Cl)ccc2n1. The molecule has 0 amide bonds. The summed E-state index contributed by atoms with van der Waals surface area (Å²) in [4.78, 5) is 4.48. The minimum atomic E-state index is 0.0806. The van der Waals surface area contributed by atoms with Crippen molar-refractivity contribution in [3.8, 4) is 0 Å². The Hall–Kier alpha value is -1.14. The Morgan fingerprint density at radius 3 is 3.05 bits per heavy atom. The third-order valence-corrected chi connectivity index (χ3v) is 2.87. The first-order valence-corrected chi connectivity index (χ1v) is 6.70. The van der Waals surface area contributed by atoms with E-state index in [0.717, 1.165) is 30.9 Å². The number of halogens is 1. The molecule has 0 saturated heterocycles. The van der Waals surface area contributed by atoms with Gasteiger partial charge in [-0.2, -0.15) is 0 Å². The van der Waals surface area contributed by atoms with E-state index in [1.165, 1.54) is 0 Å². The Labute approximate surface area is 117 Å². The molecule has 2 aromatic heterocycles. The number of rotatable bonds is 8. The summed E-state index contributed by atoms with van der Waals surface area (Å²) in [5.41, 5.74) is 1.88. The van der Waals surface area contributed by atoms with E-state index in [4.69, 9.17) is 21.4 Å². The molecule has 0 fully saturated rings. The predicted octanol–water partition coefficient (Wildman–Crippen LogP) is 1.48. The number of hydrogen-bond acceptors (Lipinski definition) is 4. The van der Waals surface area contributed by atoms with Crippen molar-refractivity contribution in [2.45, 2.75) is 13.0 Å². The molecule has 19 heavy (non-hydrogen) atoms. The van der Waals surface area contributed by atoms with Gasteiger partial charge in [-0.1, -0.05) is 11.6 Å². The van der Waals surface area contributed by atoms with E-state index in [2.05, 4.69) is 10.3 Å². The van der Waals surface area contributed by atoms with E-state index < -0.39 is 0 Å². The molecule has 2 N–H and O–H groups in total. The topological polar surface area (TPSA) is 58.8 Å². The van der Waals surface area contributed by atoms with Gasteiger partial charge in [0.05, 0.1) is 23.9 Å². The van der Waals surface area contributed by atoms with Crippen LogP contribution in [0, 0.1) is 0 Å². The first kappa shape index (κ1) is 14.3. The van der Waals surface area contributed by atoms with Gasteiger partial charge in [-0.15, -0.1) is 0 Å². The zero-order valence-corrected chi connectivity index (χ0v) is 11.4. The molecule has 0 aliphatic carbocycles.